The lowest BCUT2D eigenvalue weighted by Crippen LogP contribution is -2.34. The van der Waals surface area contributed by atoms with Gasteiger partial charge in [-0.25, -0.2) is 18.1 Å². The third-order valence-electron chi connectivity index (χ3n) is 7.36. The fraction of sp³-hybridized carbons (Fsp3) is 0.233. The summed E-state index contributed by atoms with van der Waals surface area (Å²) in [6, 6.07) is 24.5. The first kappa shape index (κ1) is 26.0. The normalized spacial score (nSPS) is 17.1. The second-order valence-corrected chi connectivity index (χ2v) is 11.9. The van der Waals surface area contributed by atoms with Crippen LogP contribution in [0.3, 0.4) is 0 Å². The zero-order valence-corrected chi connectivity index (χ0v) is 22.7. The molecule has 0 saturated heterocycles. The average molecular weight is 555 g/mol. The summed E-state index contributed by atoms with van der Waals surface area (Å²) in [5, 5.41) is 9.56. The molecule has 1 amide bonds. The number of hydrogen-bond donors (Lipinski definition) is 4. The van der Waals surface area contributed by atoms with Crippen molar-refractivity contribution in [3.8, 4) is 11.1 Å². The van der Waals surface area contributed by atoms with Gasteiger partial charge in [0.15, 0.2) is 0 Å². The molecule has 1 fully saturated rings. The molecular formula is C30H30N6O3S. The van der Waals surface area contributed by atoms with Crippen molar-refractivity contribution < 1.29 is 13.2 Å². The number of nitrogens with one attached hydrogen (secondary N) is 4. The number of carbonyl (C=O) groups excluding carboxylic acids is 1. The summed E-state index contributed by atoms with van der Waals surface area (Å²) < 4.78 is 27.9. The van der Waals surface area contributed by atoms with E-state index in [0.717, 1.165) is 35.1 Å². The Morgan fingerprint density at radius 1 is 0.950 bits per heavy atom. The number of aromatic nitrogens is 2. The minimum absolute atomic E-state index is 0.0718. The van der Waals surface area contributed by atoms with Crippen LogP contribution in [0.1, 0.15) is 30.4 Å². The number of fused-ring (bicyclic) bond motifs is 4. The monoisotopic (exact) mass is 554 g/mol. The molecular weight excluding hydrogens is 524 g/mol. The van der Waals surface area contributed by atoms with Crippen molar-refractivity contribution in [1.29, 1.82) is 0 Å². The Bertz CT molecular complexity index is 1640. The van der Waals surface area contributed by atoms with Crippen molar-refractivity contribution in [2.75, 3.05) is 23.7 Å². The average Bonchev–Trinajstić information content (AvgIpc) is 3.79. The molecule has 204 valence electrons. The molecule has 1 saturated carbocycles. The van der Waals surface area contributed by atoms with E-state index < -0.39 is 15.4 Å². The number of rotatable bonds is 5. The van der Waals surface area contributed by atoms with E-state index in [1.54, 1.807) is 30.5 Å². The number of anilines is 3. The predicted octanol–water partition coefficient (Wildman–Crippen LogP) is 4.33. The topological polar surface area (TPSA) is 125 Å². The fourth-order valence-electron chi connectivity index (χ4n) is 4.93. The molecule has 0 atom stereocenters. The quantitative estimate of drug-likeness (QED) is 0.289. The molecule has 2 heterocycles. The SMILES string of the molecule is O=C(NCc1ccc(-c2cnc3nc2NCCCNS(=O)(=O)c2cccc(c2)N3)cc1)C1(c2ccccc2)CC1. The Kier molecular flexibility index (Phi) is 6.95. The molecule has 0 unspecified atom stereocenters. The predicted molar refractivity (Wildman–Crippen MR) is 155 cm³/mol. The smallest absolute Gasteiger partial charge is 0.240 e. The second-order valence-electron chi connectivity index (χ2n) is 10.1. The summed E-state index contributed by atoms with van der Waals surface area (Å²) in [6.45, 7) is 1.27. The van der Waals surface area contributed by atoms with Crippen LogP contribution in [-0.4, -0.2) is 37.4 Å². The highest BCUT2D eigenvalue weighted by atomic mass is 32.2. The van der Waals surface area contributed by atoms with Crippen LogP contribution in [0.25, 0.3) is 11.1 Å². The van der Waals surface area contributed by atoms with Crippen molar-refractivity contribution in [2.45, 2.75) is 36.1 Å². The van der Waals surface area contributed by atoms with E-state index in [-0.39, 0.29) is 10.8 Å². The van der Waals surface area contributed by atoms with E-state index in [9.17, 15) is 13.2 Å². The molecule has 1 aliphatic carbocycles. The van der Waals surface area contributed by atoms with Gasteiger partial charge in [0.25, 0.3) is 0 Å². The van der Waals surface area contributed by atoms with Crippen LogP contribution < -0.4 is 20.7 Å². The van der Waals surface area contributed by atoms with Gasteiger partial charge in [0, 0.05) is 37.1 Å². The minimum Gasteiger partial charge on any atom is -0.369 e. The van der Waals surface area contributed by atoms with Gasteiger partial charge < -0.3 is 16.0 Å². The fourth-order valence-corrected chi connectivity index (χ4v) is 6.05. The van der Waals surface area contributed by atoms with E-state index in [2.05, 4.69) is 30.6 Å². The summed E-state index contributed by atoms with van der Waals surface area (Å²) in [7, 11) is -3.60. The van der Waals surface area contributed by atoms with Gasteiger partial charge in [-0.05, 0) is 54.2 Å². The summed E-state index contributed by atoms with van der Waals surface area (Å²) in [5.74, 6) is 1.08. The third kappa shape index (κ3) is 5.41. The van der Waals surface area contributed by atoms with Crippen LogP contribution >= 0.6 is 0 Å². The molecule has 4 bridgehead atoms. The number of carbonyl (C=O) groups is 1. The standard InChI is InChI=1S/C30H30N6O3S/c37-28(30(14-15-30)23-6-2-1-3-7-23)32-19-21-10-12-22(13-11-21)26-20-33-29-35-24-8-4-9-25(18-24)40(38,39)34-17-5-16-31-27(26)36-29/h1-4,6-13,18,20,34H,5,14-17,19H2,(H,32,37)(H2,31,33,35,36). The van der Waals surface area contributed by atoms with Crippen molar-refractivity contribution in [3.63, 3.8) is 0 Å². The van der Waals surface area contributed by atoms with Crippen LogP contribution in [-0.2, 0) is 26.8 Å². The first-order chi connectivity index (χ1) is 19.4. The lowest BCUT2D eigenvalue weighted by Gasteiger charge is -2.16. The van der Waals surface area contributed by atoms with Crippen molar-refractivity contribution >= 4 is 33.4 Å². The van der Waals surface area contributed by atoms with E-state index in [1.165, 1.54) is 0 Å². The molecule has 0 spiro atoms. The Hall–Kier alpha value is -4.28. The number of amides is 1. The zero-order valence-electron chi connectivity index (χ0n) is 21.9. The van der Waals surface area contributed by atoms with E-state index >= 15 is 0 Å². The zero-order chi connectivity index (χ0) is 27.6. The Morgan fingerprint density at radius 3 is 2.52 bits per heavy atom. The van der Waals surface area contributed by atoms with Crippen molar-refractivity contribution in [2.24, 2.45) is 0 Å². The van der Waals surface area contributed by atoms with Crippen LogP contribution in [0.15, 0.2) is 90.0 Å². The molecule has 9 nitrogen and oxygen atoms in total. The molecule has 10 heteroatoms. The molecule has 1 aliphatic heterocycles. The highest BCUT2D eigenvalue weighted by Crippen LogP contribution is 2.48. The minimum atomic E-state index is -3.60. The van der Waals surface area contributed by atoms with Crippen molar-refractivity contribution in [1.82, 2.24) is 20.0 Å². The largest absolute Gasteiger partial charge is 0.369 e. The number of sulfonamides is 1. The molecule has 3 aromatic carbocycles. The van der Waals surface area contributed by atoms with Gasteiger partial charge in [-0.1, -0.05) is 60.7 Å². The molecule has 4 aromatic rings. The summed E-state index contributed by atoms with van der Waals surface area (Å²) in [5.41, 5.74) is 4.01. The van der Waals surface area contributed by atoms with Gasteiger partial charge in [-0.15, -0.1) is 0 Å². The Labute approximate surface area is 233 Å². The molecule has 6 rings (SSSR count). The number of hydrogen-bond acceptors (Lipinski definition) is 7. The lowest BCUT2D eigenvalue weighted by atomic mass is 9.95. The third-order valence-corrected chi connectivity index (χ3v) is 8.82. The molecule has 4 N–H and O–H groups in total. The van der Waals surface area contributed by atoms with Gasteiger partial charge in [-0.3, -0.25) is 4.79 Å². The molecule has 0 radical (unpaired) electrons. The summed E-state index contributed by atoms with van der Waals surface area (Å²) in [6.07, 6.45) is 4.08. The molecule has 40 heavy (non-hydrogen) atoms. The highest BCUT2D eigenvalue weighted by molar-refractivity contribution is 7.89. The first-order valence-electron chi connectivity index (χ1n) is 13.3. The Balaban J connectivity index is 1.18. The van der Waals surface area contributed by atoms with Crippen LogP contribution in [0.4, 0.5) is 17.5 Å². The Morgan fingerprint density at radius 2 is 1.75 bits per heavy atom. The number of nitrogens with zero attached hydrogens (tertiary/aromatic N) is 2. The lowest BCUT2D eigenvalue weighted by molar-refractivity contribution is -0.123. The summed E-state index contributed by atoms with van der Waals surface area (Å²) >= 11 is 0. The van der Waals surface area contributed by atoms with Gasteiger partial charge in [0.1, 0.15) is 5.82 Å². The van der Waals surface area contributed by atoms with Crippen molar-refractivity contribution in [3.05, 3.63) is 96.2 Å². The van der Waals surface area contributed by atoms with Gasteiger partial charge in [0.2, 0.25) is 21.9 Å². The van der Waals surface area contributed by atoms with Crippen LogP contribution in [0.5, 0.6) is 0 Å². The number of benzene rings is 3. The van der Waals surface area contributed by atoms with Crippen LogP contribution in [0.2, 0.25) is 0 Å². The maximum atomic E-state index is 13.0. The van der Waals surface area contributed by atoms with E-state index in [0.29, 0.717) is 43.5 Å². The van der Waals surface area contributed by atoms with E-state index in [4.69, 9.17) is 0 Å². The second kappa shape index (κ2) is 10.7. The maximum Gasteiger partial charge on any atom is 0.240 e. The van der Waals surface area contributed by atoms with Gasteiger partial charge in [0.05, 0.1) is 10.3 Å². The summed E-state index contributed by atoms with van der Waals surface area (Å²) in [4.78, 5) is 22.4. The highest BCUT2D eigenvalue weighted by Gasteiger charge is 2.50. The molecule has 2 aliphatic rings. The van der Waals surface area contributed by atoms with E-state index in [1.807, 2.05) is 54.6 Å². The van der Waals surface area contributed by atoms with Gasteiger partial charge >= 0.3 is 0 Å². The molecule has 1 aromatic heterocycles. The first-order valence-corrected chi connectivity index (χ1v) is 14.8. The van der Waals surface area contributed by atoms with Gasteiger partial charge in [-0.2, -0.15) is 4.98 Å². The van der Waals surface area contributed by atoms with Crippen LogP contribution in [0, 0.1) is 0 Å². The maximum absolute atomic E-state index is 13.0.